The first kappa shape index (κ1) is 17.1. The minimum atomic E-state index is -2.73. The Labute approximate surface area is 192 Å². The fourth-order valence-corrected chi connectivity index (χ4v) is 3.50. The summed E-state index contributed by atoms with van der Waals surface area (Å²) in [5.74, 6) is -0.471. The molecule has 0 aliphatic carbocycles. The Bertz CT molecular complexity index is 1460. The maximum absolute atomic E-state index is 13.2. The first-order chi connectivity index (χ1) is 17.2. The molecule has 4 aromatic rings. The standard InChI is InChI=1S/C22H19FN8O2/c1-24-22(32)20-16(8-18(28-29-20)27-17-7-6-13(23)9-25-17)26-15-5-3-4-14-19-12(10-31(2)30-19)11-33-21(14)15/h3-10H,11H2,1-2H3,(H,24,32)(H2,25,26,27,28)/i1D3. The van der Waals surface area contributed by atoms with E-state index in [4.69, 9.17) is 8.85 Å². The molecule has 5 rings (SSSR count). The number of pyridine rings is 1. The zero-order valence-corrected chi connectivity index (χ0v) is 17.3. The van der Waals surface area contributed by atoms with E-state index in [9.17, 15) is 9.18 Å². The normalized spacial score (nSPS) is 13.5. The number of halogens is 1. The molecule has 11 heteroatoms. The van der Waals surface area contributed by atoms with Crippen LogP contribution in [0, 0.1) is 5.82 Å². The third-order valence-electron chi connectivity index (χ3n) is 4.92. The molecule has 1 aromatic carbocycles. The number of hydrogen-bond donors (Lipinski definition) is 3. The Balaban J connectivity index is 1.53. The van der Waals surface area contributed by atoms with Gasteiger partial charge in [0.1, 0.15) is 23.9 Å². The number of para-hydroxylation sites is 1. The molecule has 0 spiro atoms. The van der Waals surface area contributed by atoms with Crippen LogP contribution in [-0.4, -0.2) is 37.8 Å². The summed E-state index contributed by atoms with van der Waals surface area (Å²) in [6.45, 7) is -2.42. The Morgan fingerprint density at radius 2 is 2.09 bits per heavy atom. The predicted octanol–water partition coefficient (Wildman–Crippen LogP) is 3.15. The van der Waals surface area contributed by atoms with E-state index < -0.39 is 18.7 Å². The largest absolute Gasteiger partial charge is 0.486 e. The van der Waals surface area contributed by atoms with Crippen LogP contribution in [0.25, 0.3) is 11.3 Å². The zero-order valence-electron chi connectivity index (χ0n) is 20.3. The molecule has 0 saturated carbocycles. The second-order valence-corrected chi connectivity index (χ2v) is 7.21. The average molecular weight is 449 g/mol. The van der Waals surface area contributed by atoms with E-state index in [1.54, 1.807) is 16.8 Å². The van der Waals surface area contributed by atoms with Crippen molar-refractivity contribution in [2.75, 3.05) is 17.6 Å². The number of anilines is 4. The molecule has 1 aliphatic rings. The van der Waals surface area contributed by atoms with Gasteiger partial charge in [-0.15, -0.1) is 10.2 Å². The number of hydrogen-bond acceptors (Lipinski definition) is 8. The molecule has 1 amide bonds. The van der Waals surface area contributed by atoms with Crippen LogP contribution in [0.5, 0.6) is 5.75 Å². The fraction of sp³-hybridized carbons (Fsp3) is 0.136. The highest BCUT2D eigenvalue weighted by atomic mass is 19.1. The minimum Gasteiger partial charge on any atom is -0.486 e. The molecule has 3 aromatic heterocycles. The van der Waals surface area contributed by atoms with E-state index in [1.807, 2.05) is 24.6 Å². The summed E-state index contributed by atoms with van der Waals surface area (Å²) in [4.78, 5) is 16.6. The van der Waals surface area contributed by atoms with Crippen LogP contribution >= 0.6 is 0 Å². The van der Waals surface area contributed by atoms with E-state index >= 15 is 0 Å². The van der Waals surface area contributed by atoms with E-state index in [0.29, 0.717) is 23.9 Å². The van der Waals surface area contributed by atoms with Gasteiger partial charge in [-0.2, -0.15) is 5.10 Å². The number of nitrogens with zero attached hydrogens (tertiary/aromatic N) is 5. The van der Waals surface area contributed by atoms with Crippen LogP contribution in [-0.2, 0) is 13.7 Å². The van der Waals surface area contributed by atoms with Crippen LogP contribution in [0.3, 0.4) is 0 Å². The van der Waals surface area contributed by atoms with Crippen LogP contribution in [0.1, 0.15) is 20.2 Å². The van der Waals surface area contributed by atoms with Crippen LogP contribution in [0.15, 0.2) is 48.8 Å². The summed E-state index contributed by atoms with van der Waals surface area (Å²) in [7, 11) is 1.82. The lowest BCUT2D eigenvalue weighted by Gasteiger charge is -2.21. The summed E-state index contributed by atoms with van der Waals surface area (Å²) < 4.78 is 43.0. The van der Waals surface area contributed by atoms with Gasteiger partial charge >= 0.3 is 0 Å². The molecule has 4 heterocycles. The van der Waals surface area contributed by atoms with Crippen LogP contribution in [0.2, 0.25) is 0 Å². The average Bonchev–Trinajstić information content (AvgIpc) is 3.20. The molecule has 0 atom stereocenters. The quantitative estimate of drug-likeness (QED) is 0.425. The monoisotopic (exact) mass is 449 g/mol. The predicted molar refractivity (Wildman–Crippen MR) is 119 cm³/mol. The van der Waals surface area contributed by atoms with Crippen LogP contribution in [0.4, 0.5) is 27.4 Å². The lowest BCUT2D eigenvalue weighted by molar-refractivity contribution is 0.0958. The van der Waals surface area contributed by atoms with Gasteiger partial charge in [0.25, 0.3) is 5.91 Å². The Kier molecular flexibility index (Phi) is 4.23. The van der Waals surface area contributed by atoms with Crippen molar-refractivity contribution in [2.45, 2.75) is 6.61 Å². The van der Waals surface area contributed by atoms with Gasteiger partial charge in [-0.25, -0.2) is 9.37 Å². The van der Waals surface area contributed by atoms with E-state index in [2.05, 4.69) is 30.9 Å². The molecule has 0 bridgehead atoms. The van der Waals surface area contributed by atoms with E-state index in [0.717, 1.165) is 23.0 Å². The third kappa shape index (κ3) is 3.91. The lowest BCUT2D eigenvalue weighted by atomic mass is 10.0. The number of nitrogens with one attached hydrogen (secondary N) is 3. The van der Waals surface area contributed by atoms with Gasteiger partial charge in [0.2, 0.25) is 0 Å². The van der Waals surface area contributed by atoms with Crippen molar-refractivity contribution >= 4 is 28.9 Å². The molecule has 166 valence electrons. The van der Waals surface area contributed by atoms with Crippen molar-refractivity contribution in [1.29, 1.82) is 0 Å². The summed E-state index contributed by atoms with van der Waals surface area (Å²) in [6, 6.07) is 9.50. The maximum Gasteiger partial charge on any atom is 0.273 e. The number of fused-ring (bicyclic) bond motifs is 3. The lowest BCUT2D eigenvalue weighted by Crippen LogP contribution is -2.21. The first-order valence-corrected chi connectivity index (χ1v) is 9.81. The van der Waals surface area contributed by atoms with Gasteiger partial charge in [-0.1, -0.05) is 6.07 Å². The van der Waals surface area contributed by atoms with Crippen molar-refractivity contribution in [3.8, 4) is 17.0 Å². The number of benzene rings is 1. The third-order valence-corrected chi connectivity index (χ3v) is 4.92. The topological polar surface area (TPSA) is 119 Å². The Morgan fingerprint density at radius 1 is 1.18 bits per heavy atom. The summed E-state index contributed by atoms with van der Waals surface area (Å²) in [5, 5.41) is 20.3. The molecule has 0 unspecified atom stereocenters. The zero-order chi connectivity index (χ0) is 25.4. The molecule has 10 nitrogen and oxygen atoms in total. The number of aryl methyl sites for hydroxylation is 1. The summed E-state index contributed by atoms with van der Waals surface area (Å²) in [6.07, 6.45) is 2.91. The Morgan fingerprint density at radius 3 is 2.91 bits per heavy atom. The maximum atomic E-state index is 13.2. The van der Waals surface area contributed by atoms with Crippen molar-refractivity contribution in [2.24, 2.45) is 7.05 Å². The minimum absolute atomic E-state index is 0.153. The second-order valence-electron chi connectivity index (χ2n) is 7.21. The highest BCUT2D eigenvalue weighted by Crippen LogP contribution is 2.42. The number of carbonyl (C=O) groups excluding carboxylic acids is 1. The number of carbonyl (C=O) groups is 1. The summed E-state index contributed by atoms with van der Waals surface area (Å²) in [5.41, 5.74) is 2.87. The number of aromatic nitrogens is 5. The van der Waals surface area contributed by atoms with Gasteiger partial charge < -0.3 is 20.7 Å². The van der Waals surface area contributed by atoms with E-state index in [-0.39, 0.29) is 17.2 Å². The second kappa shape index (κ2) is 8.19. The van der Waals surface area contributed by atoms with E-state index in [1.165, 1.54) is 18.2 Å². The van der Waals surface area contributed by atoms with Crippen molar-refractivity contribution in [3.63, 3.8) is 0 Å². The molecular formula is C22H19FN8O2. The van der Waals surface area contributed by atoms with Gasteiger partial charge in [-0.3, -0.25) is 9.48 Å². The summed E-state index contributed by atoms with van der Waals surface area (Å²) >= 11 is 0. The first-order valence-electron chi connectivity index (χ1n) is 11.3. The van der Waals surface area contributed by atoms with Gasteiger partial charge in [0.15, 0.2) is 17.3 Å². The van der Waals surface area contributed by atoms with Crippen molar-refractivity contribution < 1.29 is 18.0 Å². The highest BCUT2D eigenvalue weighted by molar-refractivity contribution is 5.99. The molecule has 33 heavy (non-hydrogen) atoms. The molecule has 1 aliphatic heterocycles. The molecule has 3 N–H and O–H groups in total. The van der Waals surface area contributed by atoms with Crippen molar-refractivity contribution in [3.05, 3.63) is 65.9 Å². The molecule has 0 fully saturated rings. The SMILES string of the molecule is [2H]C([2H])([2H])NC(=O)c1nnc(Nc2ccc(F)cn2)cc1Nc1cccc2c1OCc1cn(C)nc1-2. The number of amides is 1. The fourth-order valence-electron chi connectivity index (χ4n) is 3.50. The Hall–Kier alpha value is -4.54. The molecular weight excluding hydrogens is 427 g/mol. The number of ether oxygens (including phenoxy) is 1. The smallest absolute Gasteiger partial charge is 0.273 e. The number of rotatable bonds is 5. The van der Waals surface area contributed by atoms with Gasteiger partial charge in [0, 0.05) is 41.5 Å². The van der Waals surface area contributed by atoms with Gasteiger partial charge in [0.05, 0.1) is 17.6 Å². The molecule has 0 radical (unpaired) electrons. The van der Waals surface area contributed by atoms with Crippen molar-refractivity contribution in [1.82, 2.24) is 30.3 Å². The molecule has 0 saturated heterocycles. The highest BCUT2D eigenvalue weighted by Gasteiger charge is 2.24. The van der Waals surface area contributed by atoms with Crippen LogP contribution < -0.4 is 20.7 Å². The van der Waals surface area contributed by atoms with Gasteiger partial charge in [-0.05, 0) is 24.3 Å².